The van der Waals surface area contributed by atoms with Crippen LogP contribution in [0.25, 0.3) is 0 Å². The summed E-state index contributed by atoms with van der Waals surface area (Å²) in [5.74, 6) is -1.98. The first-order valence-electron chi connectivity index (χ1n) is 7.12. The second-order valence-electron chi connectivity index (χ2n) is 5.14. The average molecular weight is 282 g/mol. The van der Waals surface area contributed by atoms with Gasteiger partial charge in [-0.25, -0.2) is 8.78 Å². The van der Waals surface area contributed by atoms with Crippen LogP contribution in [-0.4, -0.2) is 37.0 Å². The van der Waals surface area contributed by atoms with Gasteiger partial charge in [0.15, 0.2) is 0 Å². The van der Waals surface area contributed by atoms with Crippen molar-refractivity contribution >= 4 is 5.91 Å². The Morgan fingerprint density at radius 3 is 2.65 bits per heavy atom. The highest BCUT2D eigenvalue weighted by Gasteiger charge is 2.12. The molecular formula is C15H20F2N2O. The zero-order valence-electron chi connectivity index (χ0n) is 11.5. The van der Waals surface area contributed by atoms with E-state index in [0.29, 0.717) is 6.54 Å². The molecule has 0 saturated carbocycles. The summed E-state index contributed by atoms with van der Waals surface area (Å²) in [5.41, 5.74) is -0.107. The summed E-state index contributed by atoms with van der Waals surface area (Å²) < 4.78 is 26.1. The topological polar surface area (TPSA) is 32.3 Å². The van der Waals surface area contributed by atoms with Gasteiger partial charge in [-0.3, -0.25) is 4.79 Å². The van der Waals surface area contributed by atoms with Gasteiger partial charge in [0.05, 0.1) is 5.56 Å². The van der Waals surface area contributed by atoms with Gasteiger partial charge in [0.2, 0.25) is 0 Å². The number of amides is 1. The van der Waals surface area contributed by atoms with E-state index in [-0.39, 0.29) is 5.56 Å². The molecule has 0 aliphatic carbocycles. The van der Waals surface area contributed by atoms with Crippen LogP contribution in [0, 0.1) is 11.6 Å². The Bertz CT molecular complexity index is 459. The molecule has 3 nitrogen and oxygen atoms in total. The lowest BCUT2D eigenvalue weighted by Crippen LogP contribution is -2.33. The molecule has 0 unspecified atom stereocenters. The maximum absolute atomic E-state index is 13.4. The van der Waals surface area contributed by atoms with Crippen LogP contribution < -0.4 is 5.32 Å². The number of likely N-dealkylation sites (tertiary alicyclic amines) is 1. The van der Waals surface area contributed by atoms with E-state index in [1.807, 2.05) is 0 Å². The fourth-order valence-corrected chi connectivity index (χ4v) is 2.46. The molecule has 1 aromatic rings. The molecule has 1 saturated heterocycles. The van der Waals surface area contributed by atoms with E-state index in [2.05, 4.69) is 10.2 Å². The van der Waals surface area contributed by atoms with E-state index in [1.165, 1.54) is 25.3 Å². The first-order chi connectivity index (χ1) is 9.66. The molecule has 0 atom stereocenters. The molecule has 1 aliphatic heterocycles. The third-order valence-electron chi connectivity index (χ3n) is 3.56. The van der Waals surface area contributed by atoms with Crippen molar-refractivity contribution in [2.24, 2.45) is 0 Å². The number of carbonyl (C=O) groups is 1. The molecule has 1 fully saturated rings. The van der Waals surface area contributed by atoms with Gasteiger partial charge in [-0.2, -0.15) is 0 Å². The van der Waals surface area contributed by atoms with Crippen molar-refractivity contribution in [3.63, 3.8) is 0 Å². The molecule has 0 bridgehead atoms. The molecule has 0 aromatic heterocycles. The van der Waals surface area contributed by atoms with E-state index in [1.54, 1.807) is 0 Å². The smallest absolute Gasteiger partial charge is 0.254 e. The number of halogens is 2. The number of carbonyl (C=O) groups excluding carboxylic acids is 1. The molecule has 2 rings (SSSR count). The Labute approximate surface area is 118 Å². The van der Waals surface area contributed by atoms with Gasteiger partial charge in [-0.1, -0.05) is 6.42 Å². The van der Waals surface area contributed by atoms with Gasteiger partial charge in [-0.05, 0) is 51.0 Å². The normalized spacial score (nSPS) is 16.1. The minimum absolute atomic E-state index is 0.107. The highest BCUT2D eigenvalue weighted by molar-refractivity contribution is 5.94. The second kappa shape index (κ2) is 7.33. The van der Waals surface area contributed by atoms with Crippen molar-refractivity contribution in [3.8, 4) is 0 Å². The van der Waals surface area contributed by atoms with E-state index in [9.17, 15) is 13.6 Å². The molecule has 110 valence electrons. The minimum atomic E-state index is -0.821. The summed E-state index contributed by atoms with van der Waals surface area (Å²) in [6.07, 6.45) is 4.63. The van der Waals surface area contributed by atoms with Crippen molar-refractivity contribution in [2.45, 2.75) is 25.7 Å². The molecule has 1 heterocycles. The molecule has 1 N–H and O–H groups in total. The van der Waals surface area contributed by atoms with Crippen molar-refractivity contribution in [3.05, 3.63) is 35.4 Å². The number of benzene rings is 1. The lowest BCUT2D eigenvalue weighted by molar-refractivity contribution is 0.0947. The fraction of sp³-hybridized carbons (Fsp3) is 0.533. The molecule has 0 spiro atoms. The van der Waals surface area contributed by atoms with E-state index < -0.39 is 17.5 Å². The Hall–Kier alpha value is -1.49. The summed E-state index contributed by atoms with van der Waals surface area (Å²) in [5, 5.41) is 2.67. The number of nitrogens with one attached hydrogen (secondary N) is 1. The number of hydrogen-bond donors (Lipinski definition) is 1. The second-order valence-corrected chi connectivity index (χ2v) is 5.14. The fourth-order valence-electron chi connectivity index (χ4n) is 2.46. The van der Waals surface area contributed by atoms with Crippen molar-refractivity contribution in [1.29, 1.82) is 0 Å². The van der Waals surface area contributed by atoms with E-state index in [4.69, 9.17) is 0 Å². The van der Waals surface area contributed by atoms with Crippen LogP contribution >= 0.6 is 0 Å². The largest absolute Gasteiger partial charge is 0.352 e. The quantitative estimate of drug-likeness (QED) is 0.842. The van der Waals surface area contributed by atoms with Crippen molar-refractivity contribution < 1.29 is 13.6 Å². The SMILES string of the molecule is O=C(NCCCN1CCCCC1)c1ccc(F)cc1F. The predicted molar refractivity (Wildman–Crippen MR) is 73.6 cm³/mol. The van der Waals surface area contributed by atoms with Crippen LogP contribution in [0.15, 0.2) is 18.2 Å². The molecule has 1 aliphatic rings. The number of hydrogen-bond acceptors (Lipinski definition) is 2. The summed E-state index contributed by atoms with van der Waals surface area (Å²) in [4.78, 5) is 14.1. The number of piperidine rings is 1. The van der Waals surface area contributed by atoms with Gasteiger partial charge < -0.3 is 10.2 Å². The van der Waals surface area contributed by atoms with Crippen LogP contribution in [0.5, 0.6) is 0 Å². The molecule has 20 heavy (non-hydrogen) atoms. The Balaban J connectivity index is 1.72. The summed E-state index contributed by atoms with van der Waals surface area (Å²) in [6.45, 7) is 3.71. The van der Waals surface area contributed by atoms with Gasteiger partial charge in [0, 0.05) is 12.6 Å². The Morgan fingerprint density at radius 2 is 1.95 bits per heavy atom. The molecule has 0 radical (unpaired) electrons. The third kappa shape index (κ3) is 4.27. The van der Waals surface area contributed by atoms with Gasteiger partial charge in [-0.15, -0.1) is 0 Å². The van der Waals surface area contributed by atoms with Crippen LogP contribution in [0.4, 0.5) is 8.78 Å². The Morgan fingerprint density at radius 1 is 1.20 bits per heavy atom. The molecule has 1 amide bonds. The van der Waals surface area contributed by atoms with Crippen molar-refractivity contribution in [2.75, 3.05) is 26.2 Å². The first kappa shape index (κ1) is 14.9. The van der Waals surface area contributed by atoms with Gasteiger partial charge in [0.1, 0.15) is 11.6 Å². The molecule has 1 aromatic carbocycles. The first-order valence-corrected chi connectivity index (χ1v) is 7.12. The zero-order valence-corrected chi connectivity index (χ0v) is 11.5. The maximum Gasteiger partial charge on any atom is 0.254 e. The van der Waals surface area contributed by atoms with Crippen LogP contribution in [0.1, 0.15) is 36.0 Å². The zero-order chi connectivity index (χ0) is 14.4. The van der Waals surface area contributed by atoms with Crippen LogP contribution in [-0.2, 0) is 0 Å². The molecular weight excluding hydrogens is 262 g/mol. The van der Waals surface area contributed by atoms with Gasteiger partial charge >= 0.3 is 0 Å². The lowest BCUT2D eigenvalue weighted by Gasteiger charge is -2.26. The number of nitrogens with zero attached hydrogens (tertiary/aromatic N) is 1. The standard InChI is InChI=1S/C15H20F2N2O/c16-12-5-6-13(14(17)11-12)15(20)18-7-4-10-19-8-2-1-3-9-19/h5-6,11H,1-4,7-10H2,(H,18,20). The summed E-state index contributed by atoms with van der Waals surface area (Å²) in [6, 6.07) is 2.99. The van der Waals surface area contributed by atoms with Crippen LogP contribution in [0.2, 0.25) is 0 Å². The maximum atomic E-state index is 13.4. The highest BCUT2D eigenvalue weighted by atomic mass is 19.1. The minimum Gasteiger partial charge on any atom is -0.352 e. The highest BCUT2D eigenvalue weighted by Crippen LogP contribution is 2.10. The summed E-state index contributed by atoms with van der Waals surface area (Å²) >= 11 is 0. The van der Waals surface area contributed by atoms with E-state index >= 15 is 0 Å². The third-order valence-corrected chi connectivity index (χ3v) is 3.56. The van der Waals surface area contributed by atoms with E-state index in [0.717, 1.165) is 38.2 Å². The Kier molecular flexibility index (Phi) is 5.47. The van der Waals surface area contributed by atoms with Gasteiger partial charge in [0.25, 0.3) is 5.91 Å². The molecule has 5 heteroatoms. The number of rotatable bonds is 5. The predicted octanol–water partition coefficient (Wildman–Crippen LogP) is 2.57. The van der Waals surface area contributed by atoms with Crippen LogP contribution in [0.3, 0.4) is 0 Å². The lowest BCUT2D eigenvalue weighted by atomic mass is 10.1. The summed E-state index contributed by atoms with van der Waals surface area (Å²) in [7, 11) is 0. The average Bonchev–Trinajstić information content (AvgIpc) is 2.44. The monoisotopic (exact) mass is 282 g/mol. The van der Waals surface area contributed by atoms with Crippen molar-refractivity contribution in [1.82, 2.24) is 10.2 Å².